The minimum absolute atomic E-state index is 0.354. The van der Waals surface area contributed by atoms with Crippen LogP contribution in [0.1, 0.15) is 23.6 Å². The van der Waals surface area contributed by atoms with Gasteiger partial charge >= 0.3 is 0 Å². The van der Waals surface area contributed by atoms with E-state index in [0.717, 1.165) is 39.0 Å². The fourth-order valence-electron chi connectivity index (χ4n) is 8.83. The quantitative estimate of drug-likeness (QED) is 0.178. The molecule has 2 nitrogen and oxygen atoms in total. The van der Waals surface area contributed by atoms with E-state index in [1.54, 1.807) is 0 Å². The Morgan fingerprint density at radius 3 is 1.87 bits per heavy atom. The van der Waals surface area contributed by atoms with Crippen LogP contribution in [-0.4, -0.2) is 0 Å². The summed E-state index contributed by atoms with van der Waals surface area (Å²) in [6.07, 6.45) is 0. The van der Waals surface area contributed by atoms with Crippen molar-refractivity contribution in [1.82, 2.24) is 0 Å². The fraction of sp³-hybridized carbons (Fsp3) is 0.0400. The van der Waals surface area contributed by atoms with Gasteiger partial charge in [-0.3, -0.25) is 0 Å². The molecule has 0 amide bonds. The average Bonchev–Trinajstić information content (AvgIpc) is 3.88. The average molecular weight is 696 g/mol. The molecule has 0 atom stereocenters. The van der Waals surface area contributed by atoms with Gasteiger partial charge in [-0.25, -0.2) is 0 Å². The molecule has 0 spiro atoms. The van der Waals surface area contributed by atoms with Gasteiger partial charge in [-0.1, -0.05) is 140 Å². The first kappa shape index (κ1) is 30.2. The van der Waals surface area contributed by atoms with E-state index < -0.39 is 0 Å². The number of benzene rings is 8. The number of para-hydroxylation sites is 1. The van der Waals surface area contributed by atoms with Crippen LogP contribution >= 0.6 is 11.3 Å². The Labute approximate surface area is 311 Å². The summed E-state index contributed by atoms with van der Waals surface area (Å²) in [5, 5.41) is 4.80. The highest BCUT2D eigenvalue weighted by Gasteiger charge is 2.42. The number of hydrogen-bond acceptors (Lipinski definition) is 3. The zero-order valence-electron chi connectivity index (χ0n) is 29.1. The standard InChI is InChI=1S/C50H33NOS/c1-50(42-20-8-5-15-36(42)37-16-6-9-21-43(37)50)44-22-11-18-39-41-31-35(29-30-46(41)52-48(39)44)51(34-27-25-33(26-28-34)32-13-3-2-4-14-32)45-23-12-19-40-38-17-7-10-24-47(38)53-49(40)45/h2-31H,1H3. The molecule has 1 aliphatic rings. The molecule has 0 fully saturated rings. The van der Waals surface area contributed by atoms with E-state index in [-0.39, 0.29) is 5.41 Å². The predicted molar refractivity (Wildman–Crippen MR) is 224 cm³/mol. The molecule has 0 N–H and O–H groups in total. The lowest BCUT2D eigenvalue weighted by molar-refractivity contribution is 0.638. The van der Waals surface area contributed by atoms with E-state index in [0.29, 0.717) is 0 Å². The minimum Gasteiger partial charge on any atom is -0.456 e. The zero-order chi connectivity index (χ0) is 35.1. The molecule has 0 radical (unpaired) electrons. The summed E-state index contributed by atoms with van der Waals surface area (Å²) in [7, 11) is 0. The molecular weight excluding hydrogens is 663 g/mol. The molecule has 11 rings (SSSR count). The summed E-state index contributed by atoms with van der Waals surface area (Å²) in [6.45, 7) is 2.36. The van der Waals surface area contributed by atoms with E-state index in [1.807, 2.05) is 11.3 Å². The molecular formula is C50H33NOS. The smallest absolute Gasteiger partial charge is 0.139 e. The Hall–Kier alpha value is -6.42. The molecule has 8 aromatic carbocycles. The van der Waals surface area contributed by atoms with Crippen molar-refractivity contribution in [2.45, 2.75) is 12.3 Å². The van der Waals surface area contributed by atoms with E-state index >= 15 is 0 Å². The van der Waals surface area contributed by atoms with Crippen molar-refractivity contribution in [1.29, 1.82) is 0 Å². The van der Waals surface area contributed by atoms with E-state index in [4.69, 9.17) is 4.42 Å². The van der Waals surface area contributed by atoms with Gasteiger partial charge in [0, 0.05) is 48.6 Å². The molecule has 250 valence electrons. The summed E-state index contributed by atoms with van der Waals surface area (Å²) in [5.41, 5.74) is 13.7. The van der Waals surface area contributed by atoms with Crippen LogP contribution in [0.5, 0.6) is 0 Å². The molecule has 10 aromatic rings. The van der Waals surface area contributed by atoms with Crippen LogP contribution in [0.25, 0.3) is 64.4 Å². The van der Waals surface area contributed by atoms with Crippen LogP contribution in [0.4, 0.5) is 17.1 Å². The third-order valence-corrected chi connectivity index (χ3v) is 12.6. The molecule has 0 bridgehead atoms. The summed E-state index contributed by atoms with van der Waals surface area (Å²) >= 11 is 1.86. The van der Waals surface area contributed by atoms with Crippen molar-refractivity contribution in [3.8, 4) is 22.3 Å². The van der Waals surface area contributed by atoms with E-state index in [1.165, 1.54) is 59.1 Å². The molecule has 2 heterocycles. The van der Waals surface area contributed by atoms with Crippen molar-refractivity contribution in [2.24, 2.45) is 0 Å². The summed E-state index contributed by atoms with van der Waals surface area (Å²) in [4.78, 5) is 2.42. The first-order valence-corrected chi connectivity index (χ1v) is 19.0. The summed E-state index contributed by atoms with van der Waals surface area (Å²) in [6, 6.07) is 66.0. The molecule has 3 heteroatoms. The lowest BCUT2D eigenvalue weighted by Crippen LogP contribution is -2.22. The van der Waals surface area contributed by atoms with Gasteiger partial charge in [0.1, 0.15) is 11.2 Å². The Morgan fingerprint density at radius 2 is 1.08 bits per heavy atom. The Balaban J connectivity index is 1.12. The highest BCUT2D eigenvalue weighted by atomic mass is 32.1. The fourth-order valence-corrected chi connectivity index (χ4v) is 10.0. The summed E-state index contributed by atoms with van der Waals surface area (Å²) < 4.78 is 9.46. The third kappa shape index (κ3) is 4.44. The Morgan fingerprint density at radius 1 is 0.472 bits per heavy atom. The van der Waals surface area contributed by atoms with Gasteiger partial charge in [-0.2, -0.15) is 0 Å². The number of hydrogen-bond donors (Lipinski definition) is 0. The SMILES string of the molecule is CC1(c2cccc3c2oc2ccc(N(c4ccc(-c5ccccc5)cc4)c4cccc5c4sc4ccccc45)cc23)c2ccccc2-c2ccccc21. The summed E-state index contributed by atoms with van der Waals surface area (Å²) in [5.74, 6) is 0. The van der Waals surface area contributed by atoms with Crippen LogP contribution < -0.4 is 4.90 Å². The van der Waals surface area contributed by atoms with Gasteiger partial charge in [0.25, 0.3) is 0 Å². The van der Waals surface area contributed by atoms with Crippen molar-refractivity contribution in [3.63, 3.8) is 0 Å². The molecule has 53 heavy (non-hydrogen) atoms. The number of rotatable bonds is 5. The lowest BCUT2D eigenvalue weighted by Gasteiger charge is -2.28. The second-order valence-electron chi connectivity index (χ2n) is 14.2. The maximum Gasteiger partial charge on any atom is 0.139 e. The minimum atomic E-state index is -0.354. The van der Waals surface area contributed by atoms with Crippen LogP contribution in [0.2, 0.25) is 0 Å². The van der Waals surface area contributed by atoms with E-state index in [9.17, 15) is 0 Å². The van der Waals surface area contributed by atoms with Crippen LogP contribution in [0.15, 0.2) is 186 Å². The van der Waals surface area contributed by atoms with Crippen LogP contribution in [0.3, 0.4) is 0 Å². The highest BCUT2D eigenvalue weighted by Crippen LogP contribution is 2.54. The van der Waals surface area contributed by atoms with Crippen molar-refractivity contribution < 1.29 is 4.42 Å². The molecule has 0 saturated heterocycles. The maximum absolute atomic E-state index is 6.90. The van der Waals surface area contributed by atoms with Gasteiger partial charge in [0.2, 0.25) is 0 Å². The number of thiophene rings is 1. The second kappa shape index (κ2) is 11.5. The normalized spacial score (nSPS) is 13.2. The molecule has 2 aromatic heterocycles. The van der Waals surface area contributed by atoms with Crippen molar-refractivity contribution in [2.75, 3.05) is 4.90 Å². The van der Waals surface area contributed by atoms with Gasteiger partial charge in [-0.05, 0) is 82.8 Å². The van der Waals surface area contributed by atoms with E-state index in [2.05, 4.69) is 194 Å². The van der Waals surface area contributed by atoms with Gasteiger partial charge in [0.15, 0.2) is 0 Å². The zero-order valence-corrected chi connectivity index (χ0v) is 29.9. The number of fused-ring (bicyclic) bond motifs is 9. The molecule has 1 aliphatic carbocycles. The van der Waals surface area contributed by atoms with Gasteiger partial charge in [0.05, 0.1) is 10.4 Å². The lowest BCUT2D eigenvalue weighted by atomic mass is 9.74. The van der Waals surface area contributed by atoms with Crippen molar-refractivity contribution >= 4 is 70.5 Å². The maximum atomic E-state index is 6.90. The number of anilines is 3. The third-order valence-electron chi connectivity index (χ3n) is 11.4. The molecule has 0 aliphatic heterocycles. The Bertz CT molecular complexity index is 2980. The van der Waals surface area contributed by atoms with Gasteiger partial charge < -0.3 is 9.32 Å². The van der Waals surface area contributed by atoms with Crippen LogP contribution in [0, 0.1) is 0 Å². The highest BCUT2D eigenvalue weighted by molar-refractivity contribution is 7.26. The Kier molecular flexibility index (Phi) is 6.58. The topological polar surface area (TPSA) is 16.4 Å². The molecule has 0 saturated carbocycles. The largest absolute Gasteiger partial charge is 0.456 e. The van der Waals surface area contributed by atoms with Crippen molar-refractivity contribution in [3.05, 3.63) is 199 Å². The first-order chi connectivity index (χ1) is 26.2. The monoisotopic (exact) mass is 695 g/mol. The predicted octanol–water partition coefficient (Wildman–Crippen LogP) is 14.4. The second-order valence-corrected chi connectivity index (χ2v) is 15.2. The first-order valence-electron chi connectivity index (χ1n) is 18.2. The molecule has 0 unspecified atom stereocenters. The van der Waals surface area contributed by atoms with Crippen LogP contribution in [-0.2, 0) is 5.41 Å². The number of nitrogens with zero attached hydrogens (tertiary/aromatic N) is 1. The number of furan rings is 1. The van der Waals surface area contributed by atoms with Gasteiger partial charge in [-0.15, -0.1) is 11.3 Å².